The van der Waals surface area contributed by atoms with Crippen molar-refractivity contribution < 1.29 is 18.8 Å². The molecule has 1 N–H and O–H groups in total. The molecule has 4 rings (SSSR count). The molecule has 1 fully saturated rings. The van der Waals surface area contributed by atoms with Gasteiger partial charge >= 0.3 is 0 Å². The highest BCUT2D eigenvalue weighted by Crippen LogP contribution is 2.36. The summed E-state index contributed by atoms with van der Waals surface area (Å²) in [5.74, 6) is 2.44. The molecule has 7 nitrogen and oxygen atoms in total. The van der Waals surface area contributed by atoms with E-state index < -0.39 is 0 Å². The molecule has 1 aliphatic rings. The lowest BCUT2D eigenvalue weighted by Crippen LogP contribution is -2.12. The number of benzene rings is 2. The fraction of sp³-hybridized carbons (Fsp3) is 0.286. The summed E-state index contributed by atoms with van der Waals surface area (Å²) >= 11 is 0. The first-order chi connectivity index (χ1) is 13.7. The van der Waals surface area contributed by atoms with Crippen LogP contribution in [0.2, 0.25) is 0 Å². The van der Waals surface area contributed by atoms with Crippen molar-refractivity contribution in [1.29, 1.82) is 0 Å². The molecule has 1 aliphatic carbocycles. The van der Waals surface area contributed by atoms with E-state index in [4.69, 9.17) is 14.0 Å². The first-order valence-electron chi connectivity index (χ1n) is 9.14. The van der Waals surface area contributed by atoms with Crippen molar-refractivity contribution >= 4 is 11.6 Å². The van der Waals surface area contributed by atoms with Crippen LogP contribution in [0.4, 0.5) is 5.69 Å². The summed E-state index contributed by atoms with van der Waals surface area (Å²) in [6.07, 6.45) is 3.41. The minimum absolute atomic E-state index is 0.266. The third-order valence-electron chi connectivity index (χ3n) is 4.89. The zero-order chi connectivity index (χ0) is 19.5. The fourth-order valence-corrected chi connectivity index (χ4v) is 3.05. The van der Waals surface area contributed by atoms with Gasteiger partial charge < -0.3 is 19.3 Å². The Labute approximate surface area is 162 Å². The van der Waals surface area contributed by atoms with E-state index in [1.165, 1.54) is 6.42 Å². The second-order valence-corrected chi connectivity index (χ2v) is 6.72. The van der Waals surface area contributed by atoms with Gasteiger partial charge in [0.2, 0.25) is 11.7 Å². The summed E-state index contributed by atoms with van der Waals surface area (Å²) in [6.45, 7) is 0. The van der Waals surface area contributed by atoms with Crippen LogP contribution < -0.4 is 14.8 Å². The van der Waals surface area contributed by atoms with Crippen molar-refractivity contribution in [3.05, 3.63) is 53.9 Å². The topological polar surface area (TPSA) is 86.5 Å². The average molecular weight is 379 g/mol. The molecule has 0 radical (unpaired) electrons. The molecule has 144 valence electrons. The highest BCUT2D eigenvalue weighted by molar-refractivity contribution is 6.05. The molecule has 0 bridgehead atoms. The molecular weight excluding hydrogens is 358 g/mol. The maximum absolute atomic E-state index is 12.7. The molecule has 2 aromatic carbocycles. The third kappa shape index (κ3) is 3.69. The van der Waals surface area contributed by atoms with E-state index >= 15 is 0 Å². The van der Waals surface area contributed by atoms with Crippen molar-refractivity contribution in [1.82, 2.24) is 10.1 Å². The van der Waals surface area contributed by atoms with Gasteiger partial charge in [-0.3, -0.25) is 4.79 Å². The molecule has 0 atom stereocenters. The number of carbonyl (C=O) groups is 1. The average Bonchev–Trinajstić information content (AvgIpc) is 3.15. The van der Waals surface area contributed by atoms with Crippen LogP contribution in [-0.2, 0) is 0 Å². The normalized spacial score (nSPS) is 13.6. The first kappa shape index (κ1) is 18.0. The molecular formula is C21H21N3O4. The number of ether oxygens (including phenoxy) is 2. The highest BCUT2D eigenvalue weighted by Gasteiger charge is 2.25. The van der Waals surface area contributed by atoms with Crippen molar-refractivity contribution in [2.24, 2.45) is 0 Å². The quantitative estimate of drug-likeness (QED) is 0.688. The van der Waals surface area contributed by atoms with Crippen LogP contribution >= 0.6 is 0 Å². The predicted octanol–water partition coefficient (Wildman–Crippen LogP) is 4.27. The lowest BCUT2D eigenvalue weighted by molar-refractivity contribution is 0.102. The number of amides is 1. The second-order valence-electron chi connectivity index (χ2n) is 6.72. The zero-order valence-corrected chi connectivity index (χ0v) is 15.8. The summed E-state index contributed by atoms with van der Waals surface area (Å²) in [5.41, 5.74) is 1.86. The summed E-state index contributed by atoms with van der Waals surface area (Å²) in [5, 5.41) is 6.97. The first-order valence-corrected chi connectivity index (χ1v) is 9.14. The van der Waals surface area contributed by atoms with Gasteiger partial charge in [-0.25, -0.2) is 0 Å². The smallest absolute Gasteiger partial charge is 0.255 e. The number of hydrogen-bond donors (Lipinski definition) is 1. The van der Waals surface area contributed by atoms with Crippen LogP contribution in [-0.4, -0.2) is 30.3 Å². The molecule has 0 spiro atoms. The Bertz CT molecular complexity index is 973. The fourth-order valence-electron chi connectivity index (χ4n) is 3.05. The second kappa shape index (κ2) is 7.72. The molecule has 3 aromatic rings. The number of hydrogen-bond acceptors (Lipinski definition) is 6. The maximum Gasteiger partial charge on any atom is 0.255 e. The van der Waals surface area contributed by atoms with E-state index in [-0.39, 0.29) is 5.91 Å². The van der Waals surface area contributed by atoms with E-state index in [2.05, 4.69) is 15.5 Å². The predicted molar refractivity (Wildman–Crippen MR) is 104 cm³/mol. The molecule has 1 heterocycles. The zero-order valence-electron chi connectivity index (χ0n) is 15.8. The summed E-state index contributed by atoms with van der Waals surface area (Å²) in [7, 11) is 3.09. The van der Waals surface area contributed by atoms with Crippen LogP contribution in [0.25, 0.3) is 11.4 Å². The van der Waals surface area contributed by atoms with Crippen molar-refractivity contribution in [3.8, 4) is 22.9 Å². The number of anilines is 1. The Morgan fingerprint density at radius 3 is 2.50 bits per heavy atom. The molecule has 1 aromatic heterocycles. The van der Waals surface area contributed by atoms with Gasteiger partial charge in [-0.15, -0.1) is 0 Å². The largest absolute Gasteiger partial charge is 0.497 e. The number of nitrogens with one attached hydrogen (secondary N) is 1. The Morgan fingerprint density at radius 2 is 1.86 bits per heavy atom. The van der Waals surface area contributed by atoms with Gasteiger partial charge in [0.1, 0.15) is 11.5 Å². The number of rotatable bonds is 6. The number of methoxy groups -OCH3 is 2. The highest BCUT2D eigenvalue weighted by atomic mass is 16.5. The van der Waals surface area contributed by atoms with E-state index in [1.54, 1.807) is 32.4 Å². The lowest BCUT2D eigenvalue weighted by atomic mass is 9.85. The number of carbonyl (C=O) groups excluding carboxylic acids is 1. The molecule has 28 heavy (non-hydrogen) atoms. The van der Waals surface area contributed by atoms with Crippen molar-refractivity contribution in [3.63, 3.8) is 0 Å². The third-order valence-corrected chi connectivity index (χ3v) is 4.89. The van der Waals surface area contributed by atoms with E-state index in [0.29, 0.717) is 40.4 Å². The minimum atomic E-state index is -0.266. The van der Waals surface area contributed by atoms with Crippen molar-refractivity contribution in [2.75, 3.05) is 19.5 Å². The van der Waals surface area contributed by atoms with Crippen LogP contribution in [0.5, 0.6) is 11.5 Å². The van der Waals surface area contributed by atoms with Gasteiger partial charge in [0, 0.05) is 28.8 Å². The van der Waals surface area contributed by atoms with Gasteiger partial charge in [-0.2, -0.15) is 4.98 Å². The van der Waals surface area contributed by atoms with E-state index in [1.807, 2.05) is 24.3 Å². The Hall–Kier alpha value is -3.35. The van der Waals surface area contributed by atoms with Gasteiger partial charge in [-0.1, -0.05) is 23.7 Å². The van der Waals surface area contributed by atoms with Crippen LogP contribution in [0, 0.1) is 0 Å². The molecule has 0 unspecified atom stereocenters. The molecule has 1 amide bonds. The SMILES string of the molecule is COc1cc(OC)cc(C(=O)Nc2cccc(-c3noc(C4CCC4)n3)c2)c1. The standard InChI is InChI=1S/C21H21N3O4/c1-26-17-10-15(11-18(12-17)27-2)20(25)22-16-8-4-7-14(9-16)19-23-21(28-24-19)13-5-3-6-13/h4,7-13H,3,5-6H2,1-2H3,(H,22,25). The lowest BCUT2D eigenvalue weighted by Gasteiger charge is -2.20. The Balaban J connectivity index is 1.53. The van der Waals surface area contributed by atoms with Crippen LogP contribution in [0.1, 0.15) is 41.4 Å². The van der Waals surface area contributed by atoms with Crippen LogP contribution in [0.15, 0.2) is 47.0 Å². The van der Waals surface area contributed by atoms with Gasteiger partial charge in [0.25, 0.3) is 5.91 Å². The Morgan fingerprint density at radius 1 is 1.11 bits per heavy atom. The maximum atomic E-state index is 12.7. The minimum Gasteiger partial charge on any atom is -0.497 e. The Kier molecular flexibility index (Phi) is 4.97. The van der Waals surface area contributed by atoms with Gasteiger partial charge in [-0.05, 0) is 37.1 Å². The summed E-state index contributed by atoms with van der Waals surface area (Å²) in [4.78, 5) is 17.2. The van der Waals surface area contributed by atoms with E-state index in [9.17, 15) is 4.79 Å². The summed E-state index contributed by atoms with van der Waals surface area (Å²) in [6, 6.07) is 12.4. The molecule has 0 saturated heterocycles. The monoisotopic (exact) mass is 379 g/mol. The van der Waals surface area contributed by atoms with Gasteiger partial charge in [0.15, 0.2) is 0 Å². The summed E-state index contributed by atoms with van der Waals surface area (Å²) < 4.78 is 15.8. The number of nitrogens with zero attached hydrogens (tertiary/aromatic N) is 2. The molecule has 7 heteroatoms. The van der Waals surface area contributed by atoms with E-state index in [0.717, 1.165) is 18.4 Å². The van der Waals surface area contributed by atoms with Crippen LogP contribution in [0.3, 0.4) is 0 Å². The van der Waals surface area contributed by atoms with Gasteiger partial charge in [0.05, 0.1) is 14.2 Å². The number of aromatic nitrogens is 2. The molecule has 0 aliphatic heterocycles. The van der Waals surface area contributed by atoms with Crippen molar-refractivity contribution in [2.45, 2.75) is 25.2 Å². The molecule has 1 saturated carbocycles.